The van der Waals surface area contributed by atoms with E-state index in [0.717, 1.165) is 0 Å². The molecule has 0 atom stereocenters. The molecule has 0 aliphatic heterocycles. The standard InChI is InChI=1S/FH.K.2H2O2.H/c;;2*1-2;/h1H;;2*1-2H;. The molecule has 0 unspecified atom stereocenters. The van der Waals surface area contributed by atoms with Gasteiger partial charge in [0.1, 0.15) is 0 Å². The third-order valence-electron chi connectivity index (χ3n) is 0. The van der Waals surface area contributed by atoms with E-state index in [4.69, 9.17) is 21.0 Å². The summed E-state index contributed by atoms with van der Waals surface area (Å²) in [7, 11) is 0. The predicted molar refractivity (Wildman–Crippen MR) is 20.2 cm³/mol. The summed E-state index contributed by atoms with van der Waals surface area (Å²) in [5.74, 6) is 0. The zero-order valence-electron chi connectivity index (χ0n) is 2.20. The zero-order chi connectivity index (χ0) is 4.00. The van der Waals surface area contributed by atoms with Crippen LogP contribution in [0.1, 0.15) is 0 Å². The van der Waals surface area contributed by atoms with Crippen LogP contribution in [0.2, 0.25) is 0 Å². The van der Waals surface area contributed by atoms with Gasteiger partial charge in [-0.2, -0.15) is 0 Å². The van der Waals surface area contributed by atoms with Crippen LogP contribution in [-0.4, -0.2) is 72.4 Å². The van der Waals surface area contributed by atoms with Crippen molar-refractivity contribution in [2.75, 3.05) is 0 Å². The molecule has 4 N–H and O–H groups in total. The molecule has 0 bridgehead atoms. The molecule has 6 heavy (non-hydrogen) atoms. The molecule has 0 saturated carbocycles. The Morgan fingerprint density at radius 2 is 0.667 bits per heavy atom. The van der Waals surface area contributed by atoms with Gasteiger partial charge in [-0.15, -0.1) is 0 Å². The summed E-state index contributed by atoms with van der Waals surface area (Å²) in [5, 5.41) is 24.0. The van der Waals surface area contributed by atoms with Gasteiger partial charge in [0.05, 0.1) is 0 Å². The van der Waals surface area contributed by atoms with E-state index < -0.39 is 0 Å². The Morgan fingerprint density at radius 3 is 0.667 bits per heavy atom. The van der Waals surface area contributed by atoms with Crippen molar-refractivity contribution in [3.05, 3.63) is 0 Å². The van der Waals surface area contributed by atoms with Crippen molar-refractivity contribution in [3.8, 4) is 0 Å². The van der Waals surface area contributed by atoms with E-state index in [1.54, 1.807) is 0 Å². The molecule has 0 aromatic heterocycles. The molecular formula is H6FKO4. The van der Waals surface area contributed by atoms with Gasteiger partial charge in [-0.3, -0.25) is 25.7 Å². The first-order chi connectivity index (χ1) is 2.00. The fraction of sp³-hybridized carbons (Fsp3) is 0. The Labute approximate surface area is 76.1 Å². The number of hydrogen-bond donors (Lipinski definition) is 4. The summed E-state index contributed by atoms with van der Waals surface area (Å²) in [6, 6.07) is 0. The first kappa shape index (κ1) is 26.2. The van der Waals surface area contributed by atoms with E-state index in [9.17, 15) is 0 Å². The zero-order valence-corrected chi connectivity index (χ0v) is 2.20. The first-order valence-corrected chi connectivity index (χ1v) is 0.400. The van der Waals surface area contributed by atoms with E-state index in [0.29, 0.717) is 0 Å². The van der Waals surface area contributed by atoms with E-state index in [1.165, 1.54) is 0 Å². The van der Waals surface area contributed by atoms with Crippen molar-refractivity contribution in [1.29, 1.82) is 0 Å². The molecule has 0 aromatic rings. The monoisotopic (exact) mass is 128 g/mol. The van der Waals surface area contributed by atoms with Gasteiger partial charge in [0.15, 0.2) is 0 Å². The molecule has 0 aliphatic carbocycles. The Balaban J connectivity index is -0.00000000500. The van der Waals surface area contributed by atoms with Crippen LogP contribution in [0.3, 0.4) is 0 Å². The molecule has 0 heterocycles. The van der Waals surface area contributed by atoms with Crippen LogP contribution in [0, 0.1) is 0 Å². The predicted octanol–water partition coefficient (Wildman–Crippen LogP) is -0.461. The SMILES string of the molecule is F.OO.OO.[KH]. The molecule has 38 valence electrons. The molecule has 0 rings (SSSR count). The third kappa shape index (κ3) is 53.1. The summed E-state index contributed by atoms with van der Waals surface area (Å²) in [6.45, 7) is 0. The fourth-order valence-corrected chi connectivity index (χ4v) is 0. The number of rotatable bonds is 0. The molecular weight excluding hydrogens is 122 g/mol. The molecule has 0 radical (unpaired) electrons. The average molecular weight is 128 g/mol. The summed E-state index contributed by atoms with van der Waals surface area (Å²) in [6.07, 6.45) is 0. The van der Waals surface area contributed by atoms with Crippen LogP contribution in [-0.2, 0) is 0 Å². The van der Waals surface area contributed by atoms with E-state index >= 15 is 0 Å². The molecule has 0 saturated heterocycles. The van der Waals surface area contributed by atoms with E-state index in [-0.39, 0.29) is 56.1 Å². The topological polar surface area (TPSA) is 80.9 Å². The van der Waals surface area contributed by atoms with Crippen molar-refractivity contribution in [3.63, 3.8) is 0 Å². The van der Waals surface area contributed by atoms with Gasteiger partial charge in [0, 0.05) is 0 Å². The van der Waals surface area contributed by atoms with E-state index in [2.05, 4.69) is 0 Å². The quantitative estimate of drug-likeness (QED) is 0.202. The number of hydrogen-bond acceptors (Lipinski definition) is 4. The summed E-state index contributed by atoms with van der Waals surface area (Å²) < 4.78 is 0. The summed E-state index contributed by atoms with van der Waals surface area (Å²) in [5.41, 5.74) is 0. The molecule has 4 nitrogen and oxygen atoms in total. The normalized spacial score (nSPS) is 2.00. The van der Waals surface area contributed by atoms with Crippen molar-refractivity contribution in [2.24, 2.45) is 0 Å². The molecule has 0 amide bonds. The van der Waals surface area contributed by atoms with Gasteiger partial charge < -0.3 is 0 Å². The Bertz CT molecular complexity index is 7.51. The molecule has 0 aliphatic rings. The van der Waals surface area contributed by atoms with Gasteiger partial charge in [-0.1, -0.05) is 0 Å². The van der Waals surface area contributed by atoms with Crippen molar-refractivity contribution in [2.45, 2.75) is 0 Å². The van der Waals surface area contributed by atoms with Gasteiger partial charge in [0.25, 0.3) is 0 Å². The van der Waals surface area contributed by atoms with Gasteiger partial charge in [-0.25, -0.2) is 0 Å². The second kappa shape index (κ2) is 94.7. The Hall–Kier alpha value is 1.41. The summed E-state index contributed by atoms with van der Waals surface area (Å²) >= 11 is 0. The van der Waals surface area contributed by atoms with Gasteiger partial charge in [-0.05, 0) is 0 Å². The van der Waals surface area contributed by atoms with Crippen molar-refractivity contribution >= 4 is 51.4 Å². The maximum atomic E-state index is 6.00. The van der Waals surface area contributed by atoms with Crippen LogP contribution in [0.15, 0.2) is 0 Å². The fourth-order valence-electron chi connectivity index (χ4n) is 0. The average Bonchev–Trinajstić information content (AvgIpc) is 1.50. The van der Waals surface area contributed by atoms with E-state index in [1.807, 2.05) is 0 Å². The van der Waals surface area contributed by atoms with Crippen LogP contribution in [0.5, 0.6) is 0 Å². The second-order valence-corrected chi connectivity index (χ2v) is 0. The van der Waals surface area contributed by atoms with Crippen LogP contribution < -0.4 is 0 Å². The molecule has 0 spiro atoms. The van der Waals surface area contributed by atoms with Crippen molar-refractivity contribution < 1.29 is 25.7 Å². The second-order valence-electron chi connectivity index (χ2n) is 0. The first-order valence-electron chi connectivity index (χ1n) is 0.400. The third-order valence-corrected chi connectivity index (χ3v) is 0. The van der Waals surface area contributed by atoms with Crippen LogP contribution in [0.25, 0.3) is 0 Å². The van der Waals surface area contributed by atoms with Crippen molar-refractivity contribution in [1.82, 2.24) is 0 Å². The molecule has 6 heteroatoms. The van der Waals surface area contributed by atoms with Crippen LogP contribution >= 0.6 is 0 Å². The molecule has 0 aromatic carbocycles. The molecule has 0 fully saturated rings. The summed E-state index contributed by atoms with van der Waals surface area (Å²) in [4.78, 5) is 0. The van der Waals surface area contributed by atoms with Crippen LogP contribution in [0.4, 0.5) is 4.70 Å². The Morgan fingerprint density at radius 1 is 0.667 bits per heavy atom. The van der Waals surface area contributed by atoms with Gasteiger partial charge in [0.2, 0.25) is 0 Å². The minimum absolute atomic E-state index is 0. The minimum atomic E-state index is 0. The Kier molecular flexibility index (Phi) is 413. The maximum absolute atomic E-state index is 6.00. The number of halogens is 1. The van der Waals surface area contributed by atoms with Gasteiger partial charge >= 0.3 is 51.4 Å².